The van der Waals surface area contributed by atoms with E-state index >= 15 is 0 Å². The van der Waals surface area contributed by atoms with Crippen LogP contribution in [-0.4, -0.2) is 27.2 Å². The fourth-order valence-corrected chi connectivity index (χ4v) is 3.28. The highest BCUT2D eigenvalue weighted by molar-refractivity contribution is 5.75. The molecular weight excluding hydrogens is 264 g/mol. The number of fused-ring (bicyclic) bond motifs is 2. The summed E-state index contributed by atoms with van der Waals surface area (Å²) in [5.74, 6) is 0. The van der Waals surface area contributed by atoms with Crippen molar-refractivity contribution in [1.29, 1.82) is 0 Å². The number of benzene rings is 1. The predicted octanol–water partition coefficient (Wildman–Crippen LogP) is 1.99. The number of hydrogen-bond donors (Lipinski definition) is 2. The third-order valence-electron chi connectivity index (χ3n) is 4.47. The molecule has 0 saturated carbocycles. The van der Waals surface area contributed by atoms with Crippen molar-refractivity contribution in [3.8, 4) is 0 Å². The van der Waals surface area contributed by atoms with Gasteiger partial charge in [0.1, 0.15) is 0 Å². The zero-order chi connectivity index (χ0) is 14.2. The van der Waals surface area contributed by atoms with Crippen molar-refractivity contribution in [1.82, 2.24) is 20.4 Å². The van der Waals surface area contributed by atoms with Gasteiger partial charge in [-0.15, -0.1) is 0 Å². The summed E-state index contributed by atoms with van der Waals surface area (Å²) < 4.78 is 0. The molecule has 2 N–H and O–H groups in total. The van der Waals surface area contributed by atoms with Gasteiger partial charge in [-0.2, -0.15) is 5.10 Å². The van der Waals surface area contributed by atoms with Gasteiger partial charge in [0.2, 0.25) is 0 Å². The van der Waals surface area contributed by atoms with E-state index in [1.54, 1.807) is 0 Å². The van der Waals surface area contributed by atoms with Crippen LogP contribution in [-0.2, 0) is 25.9 Å². The summed E-state index contributed by atoms with van der Waals surface area (Å²) in [5.41, 5.74) is 4.96. The van der Waals surface area contributed by atoms with Gasteiger partial charge in [-0.1, -0.05) is 24.3 Å². The summed E-state index contributed by atoms with van der Waals surface area (Å²) in [6, 6.07) is 8.51. The molecule has 5 nitrogen and oxygen atoms in total. The number of aromatic amines is 1. The normalized spacial score (nSPS) is 20.0. The average Bonchev–Trinajstić information content (AvgIpc) is 3.13. The molecule has 2 heterocycles. The van der Waals surface area contributed by atoms with Crippen LogP contribution in [0.2, 0.25) is 0 Å². The second-order valence-electron chi connectivity index (χ2n) is 5.89. The van der Waals surface area contributed by atoms with Crippen LogP contribution >= 0.6 is 0 Å². The molecule has 1 aromatic carbocycles. The molecule has 1 aromatic heterocycles. The number of nitrogens with one attached hydrogen (secondary N) is 2. The first-order chi connectivity index (χ1) is 10.3. The molecule has 1 aliphatic carbocycles. The van der Waals surface area contributed by atoms with E-state index in [1.807, 2.05) is 23.2 Å². The monoisotopic (exact) mass is 282 g/mol. The Morgan fingerprint density at radius 2 is 2.00 bits per heavy atom. The number of H-pyrrole nitrogens is 1. The maximum absolute atomic E-state index is 12.4. The number of aryl methyl sites for hydroxylation is 1. The van der Waals surface area contributed by atoms with Crippen LogP contribution in [0.5, 0.6) is 0 Å². The topological polar surface area (TPSA) is 61.0 Å². The van der Waals surface area contributed by atoms with E-state index in [9.17, 15) is 4.79 Å². The van der Waals surface area contributed by atoms with Crippen LogP contribution in [0.25, 0.3) is 0 Å². The van der Waals surface area contributed by atoms with Gasteiger partial charge in [0, 0.05) is 24.8 Å². The van der Waals surface area contributed by atoms with E-state index in [1.165, 1.54) is 22.4 Å². The fraction of sp³-hybridized carbons (Fsp3) is 0.375. The van der Waals surface area contributed by atoms with Gasteiger partial charge in [-0.05, 0) is 36.0 Å². The third kappa shape index (κ3) is 2.28. The summed E-state index contributed by atoms with van der Waals surface area (Å²) in [5, 5.41) is 10.3. The zero-order valence-electron chi connectivity index (χ0n) is 11.8. The minimum absolute atomic E-state index is 0.0446. The standard InChI is InChI=1S/C16H18N4O/c21-16(20-9-11-3-1-2-4-12(11)10-20)18-14-5-6-15-13(7-14)8-17-19-15/h1-4,8,14H,5-7,9-10H2,(H,17,19)(H,18,21). The molecule has 2 amide bonds. The van der Waals surface area contributed by atoms with E-state index in [4.69, 9.17) is 0 Å². The zero-order valence-corrected chi connectivity index (χ0v) is 11.8. The van der Waals surface area contributed by atoms with Crippen LogP contribution in [0.3, 0.4) is 0 Å². The quantitative estimate of drug-likeness (QED) is 0.840. The lowest BCUT2D eigenvalue weighted by Crippen LogP contribution is -2.44. The van der Waals surface area contributed by atoms with E-state index in [0.29, 0.717) is 13.1 Å². The minimum Gasteiger partial charge on any atom is -0.335 e. The van der Waals surface area contributed by atoms with Gasteiger partial charge in [0.25, 0.3) is 0 Å². The third-order valence-corrected chi connectivity index (χ3v) is 4.47. The Morgan fingerprint density at radius 1 is 1.24 bits per heavy atom. The molecule has 0 radical (unpaired) electrons. The number of amides is 2. The molecule has 0 bridgehead atoms. The molecule has 1 atom stereocenters. The fourth-order valence-electron chi connectivity index (χ4n) is 3.28. The Morgan fingerprint density at radius 3 is 2.76 bits per heavy atom. The molecule has 21 heavy (non-hydrogen) atoms. The number of rotatable bonds is 1. The molecule has 2 aromatic rings. The molecule has 0 saturated heterocycles. The highest BCUT2D eigenvalue weighted by atomic mass is 16.2. The van der Waals surface area contributed by atoms with Gasteiger partial charge in [0.15, 0.2) is 0 Å². The molecular formula is C16H18N4O. The summed E-state index contributed by atoms with van der Waals surface area (Å²) in [7, 11) is 0. The Kier molecular flexibility index (Phi) is 2.91. The number of aromatic nitrogens is 2. The summed E-state index contributed by atoms with van der Waals surface area (Å²) in [6.07, 6.45) is 4.68. The molecule has 0 fully saturated rings. The van der Waals surface area contributed by atoms with Gasteiger partial charge in [-0.3, -0.25) is 5.10 Å². The number of nitrogens with zero attached hydrogens (tertiary/aromatic N) is 2. The van der Waals surface area contributed by atoms with Gasteiger partial charge in [-0.25, -0.2) is 4.79 Å². The van der Waals surface area contributed by atoms with Crippen LogP contribution < -0.4 is 5.32 Å². The summed E-state index contributed by atoms with van der Waals surface area (Å²) in [6.45, 7) is 1.43. The van der Waals surface area contributed by atoms with Gasteiger partial charge >= 0.3 is 6.03 Å². The number of urea groups is 1. The van der Waals surface area contributed by atoms with E-state index < -0.39 is 0 Å². The van der Waals surface area contributed by atoms with E-state index in [-0.39, 0.29) is 12.1 Å². The number of carbonyl (C=O) groups is 1. The average molecular weight is 282 g/mol. The van der Waals surface area contributed by atoms with Crippen molar-refractivity contribution in [3.63, 3.8) is 0 Å². The minimum atomic E-state index is 0.0446. The Balaban J connectivity index is 1.40. The summed E-state index contributed by atoms with van der Waals surface area (Å²) in [4.78, 5) is 14.3. The molecule has 108 valence electrons. The number of carbonyl (C=O) groups excluding carboxylic acids is 1. The lowest BCUT2D eigenvalue weighted by atomic mass is 9.94. The second-order valence-corrected chi connectivity index (χ2v) is 5.89. The van der Waals surface area contributed by atoms with E-state index in [0.717, 1.165) is 19.3 Å². The Bertz CT molecular complexity index is 653. The van der Waals surface area contributed by atoms with Gasteiger partial charge < -0.3 is 10.2 Å². The number of hydrogen-bond acceptors (Lipinski definition) is 2. The second kappa shape index (κ2) is 4.91. The molecule has 2 aliphatic rings. The van der Waals surface area contributed by atoms with Crippen molar-refractivity contribution >= 4 is 6.03 Å². The van der Waals surface area contributed by atoms with Crippen LogP contribution in [0.4, 0.5) is 4.79 Å². The molecule has 4 rings (SSSR count). The summed E-state index contributed by atoms with van der Waals surface area (Å²) >= 11 is 0. The van der Waals surface area contributed by atoms with Crippen molar-refractivity contribution in [2.75, 3.05) is 0 Å². The molecule has 5 heteroatoms. The maximum atomic E-state index is 12.4. The van der Waals surface area contributed by atoms with Crippen molar-refractivity contribution in [2.24, 2.45) is 0 Å². The first kappa shape index (κ1) is 12.4. The van der Waals surface area contributed by atoms with Crippen molar-refractivity contribution in [3.05, 3.63) is 52.8 Å². The first-order valence-corrected chi connectivity index (χ1v) is 7.43. The van der Waals surface area contributed by atoms with Crippen molar-refractivity contribution < 1.29 is 4.79 Å². The maximum Gasteiger partial charge on any atom is 0.318 e. The predicted molar refractivity (Wildman–Crippen MR) is 78.6 cm³/mol. The van der Waals surface area contributed by atoms with E-state index in [2.05, 4.69) is 27.6 Å². The van der Waals surface area contributed by atoms with Gasteiger partial charge in [0.05, 0.1) is 6.20 Å². The largest absolute Gasteiger partial charge is 0.335 e. The molecule has 0 spiro atoms. The molecule has 1 unspecified atom stereocenters. The van der Waals surface area contributed by atoms with Crippen LogP contribution in [0, 0.1) is 0 Å². The van der Waals surface area contributed by atoms with Crippen LogP contribution in [0.1, 0.15) is 28.8 Å². The SMILES string of the molecule is O=C(NC1CCc2[nH]ncc2C1)N1Cc2ccccc2C1. The smallest absolute Gasteiger partial charge is 0.318 e. The van der Waals surface area contributed by atoms with Crippen LogP contribution in [0.15, 0.2) is 30.5 Å². The first-order valence-electron chi connectivity index (χ1n) is 7.43. The lowest BCUT2D eigenvalue weighted by Gasteiger charge is -2.25. The lowest BCUT2D eigenvalue weighted by molar-refractivity contribution is 0.193. The Labute approximate surface area is 123 Å². The highest BCUT2D eigenvalue weighted by Crippen LogP contribution is 2.23. The molecule has 1 aliphatic heterocycles. The Hall–Kier alpha value is -2.30. The van der Waals surface area contributed by atoms with Crippen molar-refractivity contribution in [2.45, 2.75) is 38.4 Å². The highest BCUT2D eigenvalue weighted by Gasteiger charge is 2.26.